The zero-order valence-corrected chi connectivity index (χ0v) is 13.3. The van der Waals surface area contributed by atoms with Crippen molar-refractivity contribution >= 4 is 56.3 Å². The Labute approximate surface area is 135 Å². The maximum atomic E-state index is 12.4. The summed E-state index contributed by atoms with van der Waals surface area (Å²) in [4.78, 5) is 16.9. The summed E-state index contributed by atoms with van der Waals surface area (Å²) >= 11 is 13.8. The molecule has 0 aliphatic carbocycles. The van der Waals surface area contributed by atoms with Crippen molar-refractivity contribution in [2.24, 2.45) is 0 Å². The van der Waals surface area contributed by atoms with Gasteiger partial charge in [-0.3, -0.25) is 4.79 Å². The average molecular weight is 337 g/mol. The molecule has 2 heterocycles. The fraction of sp³-hybridized carbons (Fsp3) is 0.0667. The van der Waals surface area contributed by atoms with Gasteiger partial charge in [-0.1, -0.05) is 29.3 Å². The van der Waals surface area contributed by atoms with Crippen LogP contribution >= 0.6 is 34.5 Å². The summed E-state index contributed by atoms with van der Waals surface area (Å²) in [5, 5.41) is 4.39. The number of benzene rings is 1. The van der Waals surface area contributed by atoms with E-state index in [-0.39, 0.29) is 5.91 Å². The SMILES string of the molecule is Cc1ccnc(NC(=O)c2sc3cccc(Cl)c3c2Cl)c1. The predicted molar refractivity (Wildman–Crippen MR) is 88.8 cm³/mol. The molecule has 0 aliphatic rings. The van der Waals surface area contributed by atoms with Crippen molar-refractivity contribution in [1.29, 1.82) is 0 Å². The van der Waals surface area contributed by atoms with Gasteiger partial charge in [0.25, 0.3) is 5.91 Å². The fourth-order valence-electron chi connectivity index (χ4n) is 1.99. The third kappa shape index (κ3) is 2.75. The standard InChI is InChI=1S/C15H10Cl2N2OS/c1-8-5-6-18-11(7-8)19-15(20)14-13(17)12-9(16)3-2-4-10(12)21-14/h2-7H,1H3,(H,18,19,20). The summed E-state index contributed by atoms with van der Waals surface area (Å²) in [5.74, 6) is 0.218. The Morgan fingerprint density at radius 2 is 2.10 bits per heavy atom. The molecule has 1 aromatic carbocycles. The molecule has 0 atom stereocenters. The van der Waals surface area contributed by atoms with E-state index in [0.717, 1.165) is 10.3 Å². The van der Waals surface area contributed by atoms with Crippen LogP contribution in [-0.4, -0.2) is 10.9 Å². The number of aromatic nitrogens is 1. The second kappa shape index (κ2) is 5.64. The number of carbonyl (C=O) groups excluding carboxylic acids is 1. The molecule has 3 nitrogen and oxygen atoms in total. The van der Waals surface area contributed by atoms with Crippen LogP contribution in [0.3, 0.4) is 0 Å². The van der Waals surface area contributed by atoms with E-state index in [0.29, 0.717) is 26.1 Å². The molecule has 0 saturated heterocycles. The minimum absolute atomic E-state index is 0.282. The third-order valence-corrected chi connectivity index (χ3v) is 4.93. The van der Waals surface area contributed by atoms with Crippen LogP contribution in [0.4, 0.5) is 5.82 Å². The highest BCUT2D eigenvalue weighted by Gasteiger charge is 2.19. The predicted octanol–water partition coefficient (Wildman–Crippen LogP) is 5.16. The Kier molecular flexibility index (Phi) is 3.85. The lowest BCUT2D eigenvalue weighted by molar-refractivity contribution is 0.103. The second-order valence-corrected chi connectivity index (χ2v) is 6.37. The van der Waals surface area contributed by atoms with Crippen LogP contribution < -0.4 is 5.32 Å². The smallest absolute Gasteiger partial charge is 0.268 e. The van der Waals surface area contributed by atoms with Crippen LogP contribution in [0, 0.1) is 6.92 Å². The molecule has 3 aromatic rings. The Hall–Kier alpha value is -1.62. The molecule has 0 radical (unpaired) electrons. The monoisotopic (exact) mass is 336 g/mol. The molecule has 106 valence electrons. The molecular weight excluding hydrogens is 327 g/mol. The number of aryl methyl sites for hydroxylation is 1. The number of hydrogen-bond donors (Lipinski definition) is 1. The molecule has 2 aromatic heterocycles. The number of rotatable bonds is 2. The number of hydrogen-bond acceptors (Lipinski definition) is 3. The summed E-state index contributed by atoms with van der Waals surface area (Å²) in [6, 6.07) is 9.14. The summed E-state index contributed by atoms with van der Waals surface area (Å²) in [7, 11) is 0. The van der Waals surface area contributed by atoms with Crippen molar-refractivity contribution in [3.05, 3.63) is 57.0 Å². The van der Waals surface area contributed by atoms with Crippen LogP contribution in [0.15, 0.2) is 36.5 Å². The number of nitrogens with one attached hydrogen (secondary N) is 1. The highest BCUT2D eigenvalue weighted by atomic mass is 35.5. The van der Waals surface area contributed by atoms with Gasteiger partial charge in [0.2, 0.25) is 0 Å². The lowest BCUT2D eigenvalue weighted by atomic mass is 10.2. The Bertz CT molecular complexity index is 845. The molecule has 1 N–H and O–H groups in total. The van der Waals surface area contributed by atoms with E-state index in [4.69, 9.17) is 23.2 Å². The van der Waals surface area contributed by atoms with E-state index in [2.05, 4.69) is 10.3 Å². The van der Waals surface area contributed by atoms with Gasteiger partial charge >= 0.3 is 0 Å². The van der Waals surface area contributed by atoms with Crippen molar-refractivity contribution in [1.82, 2.24) is 4.98 Å². The Morgan fingerprint density at radius 3 is 2.81 bits per heavy atom. The average Bonchev–Trinajstić information content (AvgIpc) is 2.77. The molecule has 0 unspecified atom stereocenters. The van der Waals surface area contributed by atoms with Crippen LogP contribution in [0.1, 0.15) is 15.2 Å². The molecule has 0 saturated carbocycles. The van der Waals surface area contributed by atoms with Crippen molar-refractivity contribution < 1.29 is 4.79 Å². The first-order chi connectivity index (χ1) is 10.1. The summed E-state index contributed by atoms with van der Waals surface area (Å²) in [6.07, 6.45) is 1.65. The number of carbonyl (C=O) groups is 1. The summed E-state index contributed by atoms with van der Waals surface area (Å²) < 4.78 is 0.884. The van der Waals surface area contributed by atoms with E-state index in [1.54, 1.807) is 18.3 Å². The van der Waals surface area contributed by atoms with E-state index < -0.39 is 0 Å². The summed E-state index contributed by atoms with van der Waals surface area (Å²) in [5.41, 5.74) is 1.02. The van der Waals surface area contributed by atoms with Gasteiger partial charge in [0.1, 0.15) is 10.7 Å². The zero-order valence-electron chi connectivity index (χ0n) is 11.0. The van der Waals surface area contributed by atoms with Crippen molar-refractivity contribution in [3.63, 3.8) is 0 Å². The molecule has 3 rings (SSSR count). The largest absolute Gasteiger partial charge is 0.306 e. The van der Waals surface area contributed by atoms with Gasteiger partial charge in [-0.15, -0.1) is 11.3 Å². The summed E-state index contributed by atoms with van der Waals surface area (Å²) in [6.45, 7) is 1.93. The first-order valence-corrected chi connectivity index (χ1v) is 7.74. The quantitative estimate of drug-likeness (QED) is 0.701. The first-order valence-electron chi connectivity index (χ1n) is 6.17. The van der Waals surface area contributed by atoms with Gasteiger partial charge in [-0.25, -0.2) is 4.98 Å². The van der Waals surface area contributed by atoms with E-state index in [1.165, 1.54) is 11.3 Å². The minimum Gasteiger partial charge on any atom is -0.306 e. The molecule has 0 spiro atoms. The van der Waals surface area contributed by atoms with Gasteiger partial charge < -0.3 is 5.32 Å². The number of pyridine rings is 1. The van der Waals surface area contributed by atoms with Gasteiger partial charge in [0.05, 0.1) is 10.0 Å². The molecular formula is C15H10Cl2N2OS. The molecule has 1 amide bonds. The highest BCUT2D eigenvalue weighted by Crippen LogP contribution is 2.39. The van der Waals surface area contributed by atoms with Crippen LogP contribution in [0.25, 0.3) is 10.1 Å². The first kappa shape index (κ1) is 14.3. The highest BCUT2D eigenvalue weighted by molar-refractivity contribution is 7.21. The number of halogens is 2. The number of anilines is 1. The number of thiophene rings is 1. The molecule has 21 heavy (non-hydrogen) atoms. The topological polar surface area (TPSA) is 42.0 Å². The number of fused-ring (bicyclic) bond motifs is 1. The molecule has 0 aliphatic heterocycles. The van der Waals surface area contributed by atoms with Crippen molar-refractivity contribution in [2.45, 2.75) is 6.92 Å². The molecule has 0 bridgehead atoms. The third-order valence-electron chi connectivity index (χ3n) is 2.97. The van der Waals surface area contributed by atoms with Gasteiger partial charge in [0.15, 0.2) is 0 Å². The van der Waals surface area contributed by atoms with E-state index >= 15 is 0 Å². The number of nitrogens with zero attached hydrogens (tertiary/aromatic N) is 1. The van der Waals surface area contributed by atoms with E-state index in [1.807, 2.05) is 25.1 Å². The molecule has 6 heteroatoms. The second-order valence-electron chi connectivity index (χ2n) is 4.53. The normalized spacial score (nSPS) is 10.8. The van der Waals surface area contributed by atoms with Crippen molar-refractivity contribution in [3.8, 4) is 0 Å². The minimum atomic E-state index is -0.282. The maximum Gasteiger partial charge on any atom is 0.268 e. The van der Waals surface area contributed by atoms with Gasteiger partial charge in [-0.05, 0) is 36.8 Å². The lowest BCUT2D eigenvalue weighted by Gasteiger charge is -2.03. The van der Waals surface area contributed by atoms with Gasteiger partial charge in [-0.2, -0.15) is 0 Å². The lowest BCUT2D eigenvalue weighted by Crippen LogP contribution is -2.11. The van der Waals surface area contributed by atoms with E-state index in [9.17, 15) is 4.79 Å². The number of amides is 1. The maximum absolute atomic E-state index is 12.4. The van der Waals surface area contributed by atoms with Crippen molar-refractivity contribution in [2.75, 3.05) is 5.32 Å². The fourth-order valence-corrected chi connectivity index (χ4v) is 3.84. The van der Waals surface area contributed by atoms with Crippen LogP contribution in [0.2, 0.25) is 10.0 Å². The Balaban J connectivity index is 1.99. The van der Waals surface area contributed by atoms with Crippen LogP contribution in [-0.2, 0) is 0 Å². The van der Waals surface area contributed by atoms with Crippen LogP contribution in [0.5, 0.6) is 0 Å². The van der Waals surface area contributed by atoms with Gasteiger partial charge in [0, 0.05) is 16.3 Å². The molecule has 0 fully saturated rings. The Morgan fingerprint density at radius 1 is 1.29 bits per heavy atom. The zero-order chi connectivity index (χ0) is 15.0.